The van der Waals surface area contributed by atoms with E-state index in [-0.39, 0.29) is 4.90 Å². The van der Waals surface area contributed by atoms with Crippen molar-refractivity contribution in [1.29, 1.82) is 0 Å². The van der Waals surface area contributed by atoms with Crippen molar-refractivity contribution in [3.05, 3.63) is 63.3 Å². The fraction of sp³-hybridized carbons (Fsp3) is 0.333. The summed E-state index contributed by atoms with van der Waals surface area (Å²) in [6, 6.07) is 5.87. The van der Waals surface area contributed by atoms with Gasteiger partial charge < -0.3 is 4.98 Å². The smallest absolute Gasteiger partial charge is 0.358 e. The summed E-state index contributed by atoms with van der Waals surface area (Å²) >= 11 is 6.01. The number of nitrogens with one attached hydrogen (secondary N) is 2. The van der Waals surface area contributed by atoms with E-state index < -0.39 is 28.7 Å². The van der Waals surface area contributed by atoms with Crippen LogP contribution in [0.15, 0.2) is 35.2 Å². The van der Waals surface area contributed by atoms with Crippen LogP contribution in [0.25, 0.3) is 10.9 Å². The number of benzene rings is 2. The molecule has 30 heavy (non-hydrogen) atoms. The number of aromatic nitrogens is 1. The van der Waals surface area contributed by atoms with Gasteiger partial charge in [0.2, 0.25) is 10.0 Å². The standard InChI is InChI=1S/C21H22ClF3N2O2S/c1-11-7-12(2)20(13(3)8-11)30(28,29)27-19(21(23,24)25)10-16-14(4)26-18-6-5-15(22)9-17(16)18/h5-9,19,26-27H,10H2,1-4H3. The number of sulfonamides is 1. The van der Waals surface area contributed by atoms with Gasteiger partial charge in [-0.25, -0.2) is 8.42 Å². The van der Waals surface area contributed by atoms with Gasteiger partial charge in [0, 0.05) is 21.6 Å². The van der Waals surface area contributed by atoms with E-state index in [1.807, 2.05) is 4.72 Å². The molecule has 0 saturated heterocycles. The molecule has 0 amide bonds. The zero-order valence-electron chi connectivity index (χ0n) is 16.9. The first kappa shape index (κ1) is 22.7. The van der Waals surface area contributed by atoms with Crippen LogP contribution in [0.4, 0.5) is 13.2 Å². The van der Waals surface area contributed by atoms with Gasteiger partial charge in [-0.05, 0) is 69.0 Å². The molecule has 0 aliphatic heterocycles. The zero-order valence-corrected chi connectivity index (χ0v) is 18.5. The molecule has 2 aromatic carbocycles. The molecule has 3 rings (SSSR count). The lowest BCUT2D eigenvalue weighted by molar-refractivity contribution is -0.150. The molecular formula is C21H22ClF3N2O2S. The molecule has 0 saturated carbocycles. The number of aryl methyl sites for hydroxylation is 4. The Kier molecular flexibility index (Phi) is 5.97. The first-order valence-electron chi connectivity index (χ1n) is 9.23. The fourth-order valence-electron chi connectivity index (χ4n) is 3.88. The van der Waals surface area contributed by atoms with Gasteiger partial charge in [-0.3, -0.25) is 0 Å². The van der Waals surface area contributed by atoms with Crippen LogP contribution in [0, 0.1) is 27.7 Å². The maximum Gasteiger partial charge on any atom is 0.405 e. The molecule has 2 N–H and O–H groups in total. The summed E-state index contributed by atoms with van der Waals surface area (Å²) in [5, 5.41) is 0.925. The summed E-state index contributed by atoms with van der Waals surface area (Å²) in [4.78, 5) is 2.90. The molecule has 9 heteroatoms. The molecule has 0 aliphatic rings. The Morgan fingerprint density at radius 3 is 2.23 bits per heavy atom. The summed E-state index contributed by atoms with van der Waals surface area (Å²) in [5.74, 6) is 0. The Morgan fingerprint density at radius 2 is 1.67 bits per heavy atom. The van der Waals surface area contributed by atoms with Gasteiger partial charge in [-0.15, -0.1) is 0 Å². The second-order valence-corrected chi connectivity index (χ2v) is 9.65. The third kappa shape index (κ3) is 4.50. The SMILES string of the molecule is Cc1cc(C)c(S(=O)(=O)NC(Cc2c(C)[nH]c3ccc(Cl)cc23)C(F)(F)F)c(C)c1. The van der Waals surface area contributed by atoms with Gasteiger partial charge in [0.25, 0.3) is 0 Å². The second kappa shape index (κ2) is 7.90. The maximum atomic E-state index is 13.9. The monoisotopic (exact) mass is 458 g/mol. The molecule has 4 nitrogen and oxygen atoms in total. The highest BCUT2D eigenvalue weighted by molar-refractivity contribution is 7.89. The van der Waals surface area contributed by atoms with Gasteiger partial charge in [0.1, 0.15) is 6.04 Å². The molecule has 1 aromatic heterocycles. The molecule has 0 spiro atoms. The summed E-state index contributed by atoms with van der Waals surface area (Å²) < 4.78 is 69.4. The van der Waals surface area contributed by atoms with Crippen LogP contribution in [-0.4, -0.2) is 25.6 Å². The third-order valence-electron chi connectivity index (χ3n) is 5.06. The molecule has 1 unspecified atom stereocenters. The van der Waals surface area contributed by atoms with Crippen LogP contribution >= 0.6 is 11.6 Å². The van der Waals surface area contributed by atoms with Crippen LogP contribution < -0.4 is 4.72 Å². The summed E-state index contributed by atoms with van der Waals surface area (Å²) in [7, 11) is -4.40. The molecule has 1 atom stereocenters. The lowest BCUT2D eigenvalue weighted by Gasteiger charge is -2.23. The minimum atomic E-state index is -4.78. The van der Waals surface area contributed by atoms with Crippen molar-refractivity contribution < 1.29 is 21.6 Å². The number of rotatable bonds is 5. The number of hydrogen-bond acceptors (Lipinski definition) is 2. The normalized spacial score (nSPS) is 13.7. The van der Waals surface area contributed by atoms with E-state index in [0.29, 0.717) is 38.3 Å². The third-order valence-corrected chi connectivity index (χ3v) is 7.07. The van der Waals surface area contributed by atoms with Gasteiger partial charge in [-0.2, -0.15) is 17.9 Å². The molecule has 0 bridgehead atoms. The highest BCUT2D eigenvalue weighted by Crippen LogP contribution is 2.32. The van der Waals surface area contributed by atoms with E-state index in [0.717, 1.165) is 5.56 Å². The predicted molar refractivity (Wildman–Crippen MR) is 113 cm³/mol. The Labute approximate surface area is 178 Å². The van der Waals surface area contributed by atoms with Crippen molar-refractivity contribution in [3.63, 3.8) is 0 Å². The van der Waals surface area contributed by atoms with Gasteiger partial charge in [0.05, 0.1) is 4.90 Å². The van der Waals surface area contributed by atoms with Gasteiger partial charge >= 0.3 is 6.18 Å². The number of H-pyrrole nitrogens is 1. The van der Waals surface area contributed by atoms with Crippen LogP contribution in [-0.2, 0) is 16.4 Å². The van der Waals surface area contributed by atoms with Crippen molar-refractivity contribution in [2.45, 2.75) is 51.2 Å². The van der Waals surface area contributed by atoms with E-state index in [2.05, 4.69) is 4.98 Å². The highest BCUT2D eigenvalue weighted by atomic mass is 35.5. The van der Waals surface area contributed by atoms with Crippen molar-refractivity contribution in [3.8, 4) is 0 Å². The molecule has 3 aromatic rings. The number of halogens is 4. The highest BCUT2D eigenvalue weighted by Gasteiger charge is 2.43. The van der Waals surface area contributed by atoms with Gasteiger partial charge in [-0.1, -0.05) is 29.3 Å². The Hall–Kier alpha value is -2.03. The van der Waals surface area contributed by atoms with E-state index in [1.165, 1.54) is 0 Å². The molecule has 0 radical (unpaired) electrons. The van der Waals surface area contributed by atoms with Crippen LogP contribution in [0.1, 0.15) is 27.9 Å². The summed E-state index contributed by atoms with van der Waals surface area (Å²) in [6.07, 6.45) is -5.34. The first-order valence-corrected chi connectivity index (χ1v) is 11.1. The predicted octanol–water partition coefficient (Wildman–Crippen LogP) is 5.51. The van der Waals surface area contributed by atoms with E-state index >= 15 is 0 Å². The van der Waals surface area contributed by atoms with E-state index in [9.17, 15) is 21.6 Å². The van der Waals surface area contributed by atoms with Gasteiger partial charge in [0.15, 0.2) is 0 Å². The van der Waals surface area contributed by atoms with Crippen LogP contribution in [0.5, 0.6) is 0 Å². The summed E-state index contributed by atoms with van der Waals surface area (Å²) in [6.45, 7) is 6.60. The largest absolute Gasteiger partial charge is 0.405 e. The number of fused-ring (bicyclic) bond motifs is 1. The second-order valence-electron chi connectivity index (χ2n) is 7.57. The minimum absolute atomic E-state index is 0.124. The minimum Gasteiger partial charge on any atom is -0.358 e. The molecule has 162 valence electrons. The fourth-order valence-corrected chi connectivity index (χ4v) is 5.73. The van der Waals surface area contributed by atoms with Crippen molar-refractivity contribution in [2.24, 2.45) is 0 Å². The summed E-state index contributed by atoms with van der Waals surface area (Å²) in [5.41, 5.74) is 3.17. The number of hydrogen-bond donors (Lipinski definition) is 2. The quantitative estimate of drug-likeness (QED) is 0.529. The Morgan fingerprint density at radius 1 is 1.07 bits per heavy atom. The molecular weight excluding hydrogens is 437 g/mol. The average molecular weight is 459 g/mol. The lowest BCUT2D eigenvalue weighted by atomic mass is 10.0. The van der Waals surface area contributed by atoms with E-state index in [1.54, 1.807) is 58.0 Å². The van der Waals surface area contributed by atoms with Crippen molar-refractivity contribution in [2.75, 3.05) is 0 Å². The molecule has 1 heterocycles. The zero-order chi connectivity index (χ0) is 22.4. The molecule has 0 aliphatic carbocycles. The van der Waals surface area contributed by atoms with Crippen molar-refractivity contribution in [1.82, 2.24) is 9.71 Å². The first-order chi connectivity index (χ1) is 13.8. The topological polar surface area (TPSA) is 62.0 Å². The van der Waals surface area contributed by atoms with E-state index in [4.69, 9.17) is 11.6 Å². The van der Waals surface area contributed by atoms with Crippen molar-refractivity contribution >= 4 is 32.5 Å². The Bertz CT molecular complexity index is 1190. The maximum absolute atomic E-state index is 13.9. The number of aromatic amines is 1. The number of alkyl halides is 3. The van der Waals surface area contributed by atoms with Crippen LogP contribution in [0.3, 0.4) is 0 Å². The average Bonchev–Trinajstić information content (AvgIpc) is 2.87. The molecule has 0 fully saturated rings. The van der Waals surface area contributed by atoms with Crippen LogP contribution in [0.2, 0.25) is 5.02 Å². The Balaban J connectivity index is 2.03. The lowest BCUT2D eigenvalue weighted by Crippen LogP contribution is -2.47.